The van der Waals surface area contributed by atoms with E-state index in [1.165, 1.54) is 0 Å². The topological polar surface area (TPSA) is 105 Å². The molecule has 0 fully saturated rings. The molecule has 3 aromatic rings. The van der Waals surface area contributed by atoms with Gasteiger partial charge in [-0.3, -0.25) is 10.1 Å². The highest BCUT2D eigenvalue weighted by Gasteiger charge is 2.29. The monoisotopic (exact) mass is 472 g/mol. The predicted octanol–water partition coefficient (Wildman–Crippen LogP) is 5.20. The molecule has 3 aromatic carbocycles. The van der Waals surface area contributed by atoms with Gasteiger partial charge in [0.05, 0.1) is 11.3 Å². The SMILES string of the molecule is Cc1ccc(NC(=O)OCC2c3ccccc3-c3ccccc32)c(C(=O)N[C@H](C(=O)O)C(C)C)c1. The first kappa shape index (κ1) is 24.0. The molecule has 35 heavy (non-hydrogen) atoms. The van der Waals surface area contributed by atoms with Crippen molar-refractivity contribution < 1.29 is 24.2 Å². The second-order valence-corrected chi connectivity index (χ2v) is 9.03. The van der Waals surface area contributed by atoms with Crippen LogP contribution >= 0.6 is 0 Å². The Labute approximate surface area is 204 Å². The van der Waals surface area contributed by atoms with Gasteiger partial charge in [0, 0.05) is 5.92 Å². The summed E-state index contributed by atoms with van der Waals surface area (Å²) >= 11 is 0. The van der Waals surface area contributed by atoms with Gasteiger partial charge in [0.25, 0.3) is 5.91 Å². The van der Waals surface area contributed by atoms with Gasteiger partial charge in [-0.25, -0.2) is 9.59 Å². The summed E-state index contributed by atoms with van der Waals surface area (Å²) in [5.41, 5.74) is 5.68. The standard InChI is InChI=1S/C28H28N2O5/c1-16(2)25(27(32)33)30-26(31)22-14-17(3)12-13-24(22)29-28(34)35-15-23-20-10-6-4-8-18(20)19-9-5-7-11-21(19)23/h4-14,16,23,25H,15H2,1-3H3,(H,29,34)(H,30,31)(H,32,33)/t25-/m0/s1. The minimum absolute atomic E-state index is 0.0868. The van der Waals surface area contributed by atoms with Crippen LogP contribution in [0.2, 0.25) is 0 Å². The Bertz CT molecular complexity index is 1240. The molecule has 2 amide bonds. The van der Waals surface area contributed by atoms with Gasteiger partial charge in [-0.2, -0.15) is 0 Å². The number of hydrogen-bond donors (Lipinski definition) is 3. The van der Waals surface area contributed by atoms with Gasteiger partial charge in [-0.05, 0) is 47.2 Å². The maximum absolute atomic E-state index is 12.9. The molecule has 1 aliphatic rings. The molecule has 0 aromatic heterocycles. The Morgan fingerprint density at radius 2 is 1.54 bits per heavy atom. The van der Waals surface area contributed by atoms with Crippen molar-refractivity contribution in [2.45, 2.75) is 32.7 Å². The van der Waals surface area contributed by atoms with Crippen LogP contribution in [0, 0.1) is 12.8 Å². The molecule has 1 atom stereocenters. The Balaban J connectivity index is 1.49. The summed E-state index contributed by atoms with van der Waals surface area (Å²) in [5, 5.41) is 14.6. The number of rotatable bonds is 7. The second-order valence-electron chi connectivity index (χ2n) is 9.03. The minimum atomic E-state index is -1.12. The summed E-state index contributed by atoms with van der Waals surface area (Å²) < 4.78 is 5.59. The lowest BCUT2D eigenvalue weighted by Crippen LogP contribution is -2.44. The van der Waals surface area contributed by atoms with Crippen LogP contribution in [-0.2, 0) is 9.53 Å². The fraction of sp³-hybridized carbons (Fsp3) is 0.250. The summed E-state index contributed by atoms with van der Waals surface area (Å²) in [4.78, 5) is 37.1. The van der Waals surface area contributed by atoms with Gasteiger partial charge in [-0.1, -0.05) is 74.0 Å². The van der Waals surface area contributed by atoms with Gasteiger partial charge in [-0.15, -0.1) is 0 Å². The van der Waals surface area contributed by atoms with Crippen LogP contribution in [-0.4, -0.2) is 35.7 Å². The van der Waals surface area contributed by atoms with E-state index in [1.54, 1.807) is 32.0 Å². The van der Waals surface area contributed by atoms with Gasteiger partial charge in [0.15, 0.2) is 0 Å². The molecular formula is C28H28N2O5. The molecule has 0 saturated heterocycles. The molecule has 7 nitrogen and oxygen atoms in total. The second kappa shape index (κ2) is 10.0. The minimum Gasteiger partial charge on any atom is -0.480 e. The molecule has 1 aliphatic carbocycles. The van der Waals surface area contributed by atoms with Gasteiger partial charge in [0.1, 0.15) is 12.6 Å². The van der Waals surface area contributed by atoms with Crippen molar-refractivity contribution in [3.05, 3.63) is 89.0 Å². The number of benzene rings is 3. The van der Waals surface area contributed by atoms with E-state index < -0.39 is 24.0 Å². The highest BCUT2D eigenvalue weighted by Crippen LogP contribution is 2.44. The molecular weight excluding hydrogens is 444 g/mol. The Hall–Kier alpha value is -4.13. The predicted molar refractivity (Wildman–Crippen MR) is 134 cm³/mol. The molecule has 3 N–H and O–H groups in total. The first-order chi connectivity index (χ1) is 16.8. The molecule has 4 rings (SSSR count). The van der Waals surface area contributed by atoms with Crippen LogP contribution < -0.4 is 10.6 Å². The first-order valence-electron chi connectivity index (χ1n) is 11.5. The third-order valence-corrected chi connectivity index (χ3v) is 6.22. The lowest BCUT2D eigenvalue weighted by molar-refractivity contribution is -0.140. The van der Waals surface area contributed by atoms with Crippen molar-refractivity contribution in [3.63, 3.8) is 0 Å². The maximum atomic E-state index is 12.9. The highest BCUT2D eigenvalue weighted by molar-refractivity contribution is 6.04. The summed E-state index contributed by atoms with van der Waals surface area (Å²) in [6.45, 7) is 5.38. The quantitative estimate of drug-likeness (QED) is 0.439. The molecule has 0 unspecified atom stereocenters. The van der Waals surface area contributed by atoms with Crippen LogP contribution in [0.4, 0.5) is 10.5 Å². The smallest absolute Gasteiger partial charge is 0.411 e. The molecule has 0 bridgehead atoms. The van der Waals surface area contributed by atoms with Crippen molar-refractivity contribution in [2.75, 3.05) is 11.9 Å². The van der Waals surface area contributed by atoms with Crippen molar-refractivity contribution in [3.8, 4) is 11.1 Å². The summed E-state index contributed by atoms with van der Waals surface area (Å²) in [5.74, 6) is -2.09. The fourth-order valence-corrected chi connectivity index (χ4v) is 4.43. The number of anilines is 1. The van der Waals surface area contributed by atoms with Gasteiger partial charge in [0.2, 0.25) is 0 Å². The van der Waals surface area contributed by atoms with E-state index in [9.17, 15) is 19.5 Å². The number of carboxylic acids is 1. The van der Waals surface area contributed by atoms with E-state index in [1.807, 2.05) is 43.3 Å². The highest BCUT2D eigenvalue weighted by atomic mass is 16.5. The molecule has 0 aliphatic heterocycles. The number of carboxylic acid groups (broad SMARTS) is 1. The number of hydrogen-bond acceptors (Lipinski definition) is 4. The lowest BCUT2D eigenvalue weighted by Gasteiger charge is -2.19. The summed E-state index contributed by atoms with van der Waals surface area (Å²) in [6, 6.07) is 20.0. The molecule has 0 saturated carbocycles. The number of amides is 2. The van der Waals surface area contributed by atoms with Crippen LogP contribution in [0.15, 0.2) is 66.7 Å². The number of aryl methyl sites for hydroxylation is 1. The molecule has 0 radical (unpaired) electrons. The van der Waals surface area contributed by atoms with Crippen LogP contribution in [0.5, 0.6) is 0 Å². The van der Waals surface area contributed by atoms with Crippen LogP contribution in [0.25, 0.3) is 11.1 Å². The van der Waals surface area contributed by atoms with Crippen molar-refractivity contribution in [1.82, 2.24) is 5.32 Å². The normalized spacial score (nSPS) is 13.0. The van der Waals surface area contributed by atoms with Crippen LogP contribution in [0.1, 0.15) is 46.8 Å². The number of fused-ring (bicyclic) bond motifs is 3. The van der Waals surface area contributed by atoms with Crippen molar-refractivity contribution in [2.24, 2.45) is 5.92 Å². The molecule has 180 valence electrons. The number of carbonyl (C=O) groups is 3. The lowest BCUT2D eigenvalue weighted by atomic mass is 9.98. The Morgan fingerprint density at radius 1 is 0.943 bits per heavy atom. The first-order valence-corrected chi connectivity index (χ1v) is 11.5. The third-order valence-electron chi connectivity index (χ3n) is 6.22. The number of ether oxygens (including phenoxy) is 1. The van der Waals surface area contributed by atoms with Crippen molar-refractivity contribution >= 4 is 23.7 Å². The molecule has 0 spiro atoms. The van der Waals surface area contributed by atoms with E-state index in [4.69, 9.17) is 4.74 Å². The van der Waals surface area contributed by atoms with E-state index >= 15 is 0 Å². The van der Waals surface area contributed by atoms with E-state index in [2.05, 4.69) is 22.8 Å². The zero-order valence-corrected chi connectivity index (χ0v) is 19.9. The van der Waals surface area contributed by atoms with Gasteiger partial charge < -0.3 is 15.2 Å². The van der Waals surface area contributed by atoms with Crippen LogP contribution in [0.3, 0.4) is 0 Å². The summed E-state index contributed by atoms with van der Waals surface area (Å²) in [6.07, 6.45) is -0.691. The fourth-order valence-electron chi connectivity index (χ4n) is 4.43. The van der Waals surface area contributed by atoms with E-state index in [0.717, 1.165) is 27.8 Å². The zero-order valence-electron chi connectivity index (χ0n) is 19.9. The largest absolute Gasteiger partial charge is 0.480 e. The Morgan fingerprint density at radius 3 is 2.11 bits per heavy atom. The number of aliphatic carboxylic acids is 1. The van der Waals surface area contributed by atoms with Crippen molar-refractivity contribution in [1.29, 1.82) is 0 Å². The number of nitrogens with one attached hydrogen (secondary N) is 2. The summed E-state index contributed by atoms with van der Waals surface area (Å²) in [7, 11) is 0. The van der Waals surface area contributed by atoms with E-state index in [0.29, 0.717) is 0 Å². The number of carbonyl (C=O) groups excluding carboxylic acids is 2. The zero-order chi connectivity index (χ0) is 25.1. The van der Waals surface area contributed by atoms with Gasteiger partial charge >= 0.3 is 12.1 Å². The average Bonchev–Trinajstić information content (AvgIpc) is 3.15. The van der Waals surface area contributed by atoms with E-state index in [-0.39, 0.29) is 29.7 Å². The molecule has 7 heteroatoms. The molecule has 0 heterocycles. The Kier molecular flexibility index (Phi) is 6.87. The third kappa shape index (κ3) is 5.04. The maximum Gasteiger partial charge on any atom is 0.411 e. The average molecular weight is 473 g/mol.